The van der Waals surface area contributed by atoms with E-state index in [1.54, 1.807) is 0 Å². The molecule has 47 heavy (non-hydrogen) atoms. The predicted octanol–water partition coefficient (Wildman–Crippen LogP) is 2.57. The van der Waals surface area contributed by atoms with E-state index in [0.717, 1.165) is 34.1 Å². The van der Waals surface area contributed by atoms with E-state index in [-0.39, 0.29) is 41.6 Å². The fourth-order valence-corrected chi connectivity index (χ4v) is 5.62. The summed E-state index contributed by atoms with van der Waals surface area (Å²) in [6, 6.07) is 1.60. The van der Waals surface area contributed by atoms with Crippen molar-refractivity contribution in [3.05, 3.63) is 34.5 Å². The smallest absolute Gasteiger partial charge is 0.243 e. The number of benzene rings is 1. The Hall–Kier alpha value is -3.64. The second kappa shape index (κ2) is 16.0. The Balaban J connectivity index is 2.69. The summed E-state index contributed by atoms with van der Waals surface area (Å²) in [7, 11) is 0. The number of nitrogens with one attached hydrogen (secondary N) is 3. The number of rotatable bonds is 15. The van der Waals surface area contributed by atoms with Gasteiger partial charge in [0.2, 0.25) is 17.7 Å². The first-order chi connectivity index (χ1) is 21.6. The van der Waals surface area contributed by atoms with Gasteiger partial charge in [-0.05, 0) is 65.8 Å². The second-order valence-electron chi connectivity index (χ2n) is 15.7. The topological polar surface area (TPSA) is 234 Å². The molecule has 0 bridgehead atoms. The van der Waals surface area contributed by atoms with E-state index in [4.69, 9.17) is 28.7 Å². The molecule has 0 aliphatic heterocycles. The SMILES string of the molecule is CC(C)(C)c1cc(C(C)(C)C)c2[nH]c(C(C)(C)C)c(C[C@H](NC(=O)[C@@H](N)CCCCN)C(=O)N[C@@H](CCCN=C(N)N)C(N)=O)c2c1. The molecule has 1 aromatic heterocycles. The van der Waals surface area contributed by atoms with Crippen molar-refractivity contribution in [1.29, 1.82) is 0 Å². The zero-order chi connectivity index (χ0) is 35.9. The monoisotopic (exact) mass is 655 g/mol. The van der Waals surface area contributed by atoms with Crippen LogP contribution in [0.3, 0.4) is 0 Å². The molecular weight excluding hydrogens is 594 g/mol. The molecule has 0 saturated carbocycles. The van der Waals surface area contributed by atoms with E-state index in [1.165, 1.54) is 5.56 Å². The Morgan fingerprint density at radius 2 is 1.43 bits per heavy atom. The van der Waals surface area contributed by atoms with Gasteiger partial charge in [-0.25, -0.2) is 0 Å². The maximum Gasteiger partial charge on any atom is 0.243 e. The van der Waals surface area contributed by atoms with Gasteiger partial charge in [0.05, 0.1) is 6.04 Å². The van der Waals surface area contributed by atoms with E-state index in [2.05, 4.69) is 95.1 Å². The summed E-state index contributed by atoms with van der Waals surface area (Å²) >= 11 is 0. The number of primary amides is 1. The van der Waals surface area contributed by atoms with Crippen LogP contribution in [-0.4, -0.2) is 59.9 Å². The molecule has 0 spiro atoms. The number of aromatic amines is 1. The van der Waals surface area contributed by atoms with Crippen molar-refractivity contribution in [3.63, 3.8) is 0 Å². The van der Waals surface area contributed by atoms with Crippen molar-refractivity contribution in [2.45, 2.75) is 135 Å². The molecule has 1 heterocycles. The molecule has 12 heteroatoms. The molecule has 0 aliphatic carbocycles. The van der Waals surface area contributed by atoms with Crippen LogP contribution in [0.15, 0.2) is 17.1 Å². The molecule has 12 nitrogen and oxygen atoms in total. The molecule has 2 aromatic rings. The van der Waals surface area contributed by atoms with Gasteiger partial charge in [-0.1, -0.05) is 74.8 Å². The lowest BCUT2D eigenvalue weighted by molar-refractivity contribution is -0.131. The van der Waals surface area contributed by atoms with Gasteiger partial charge in [0, 0.05) is 35.0 Å². The number of hydrogen-bond donors (Lipinski definition) is 8. The van der Waals surface area contributed by atoms with Gasteiger partial charge in [-0.3, -0.25) is 19.4 Å². The summed E-state index contributed by atoms with van der Waals surface area (Å²) in [5, 5.41) is 6.69. The standard InChI is InChI=1S/C35H61N9O3/c1-33(2,3)20-17-21-22(28(35(7,8)9)44-27(21)23(18-20)34(4,5)6)19-26(43-30(46)24(37)13-10-11-15-36)31(47)42-25(29(38)45)14-12-16-41-32(39)40/h17-18,24-26,44H,10-16,19,36-37H2,1-9H3,(H2,38,45)(H,42,47)(H,43,46)(H4,39,40,41)/t24-,25-,26-/m0/s1. The summed E-state index contributed by atoms with van der Waals surface area (Å²) in [4.78, 5) is 47.5. The molecule has 0 fully saturated rings. The Kier molecular flexibility index (Phi) is 13.4. The number of carbonyl (C=O) groups excluding carboxylic acids is 3. The minimum atomic E-state index is -1.04. The summed E-state index contributed by atoms with van der Waals surface area (Å²) in [6.07, 6.45) is 2.65. The number of hydrogen-bond acceptors (Lipinski definition) is 6. The average Bonchev–Trinajstić information content (AvgIpc) is 3.31. The molecule has 0 unspecified atom stereocenters. The minimum Gasteiger partial charge on any atom is -0.370 e. The Morgan fingerprint density at radius 1 is 0.809 bits per heavy atom. The number of carbonyl (C=O) groups is 3. The van der Waals surface area contributed by atoms with Crippen molar-refractivity contribution in [1.82, 2.24) is 15.6 Å². The molecule has 3 atom stereocenters. The largest absolute Gasteiger partial charge is 0.370 e. The summed E-state index contributed by atoms with van der Waals surface area (Å²) in [5.41, 5.74) is 33.0. The second-order valence-corrected chi connectivity index (χ2v) is 15.7. The summed E-state index contributed by atoms with van der Waals surface area (Å²) in [6.45, 7) is 20.2. The predicted molar refractivity (Wildman–Crippen MR) is 192 cm³/mol. The van der Waals surface area contributed by atoms with Crippen molar-refractivity contribution in [2.24, 2.45) is 33.7 Å². The van der Waals surface area contributed by atoms with E-state index in [9.17, 15) is 14.4 Å². The van der Waals surface area contributed by atoms with E-state index < -0.39 is 35.8 Å². The van der Waals surface area contributed by atoms with Crippen LogP contribution in [0.25, 0.3) is 10.9 Å². The highest BCUT2D eigenvalue weighted by atomic mass is 16.2. The number of unbranched alkanes of at least 4 members (excludes halogenated alkanes) is 1. The number of H-pyrrole nitrogens is 1. The highest BCUT2D eigenvalue weighted by Gasteiger charge is 2.33. The number of guanidine groups is 1. The highest BCUT2D eigenvalue weighted by Crippen LogP contribution is 2.40. The van der Waals surface area contributed by atoms with Crippen molar-refractivity contribution < 1.29 is 14.4 Å². The van der Waals surface area contributed by atoms with Crippen LogP contribution < -0.4 is 39.3 Å². The van der Waals surface area contributed by atoms with Crippen LogP contribution in [-0.2, 0) is 37.0 Å². The zero-order valence-corrected chi connectivity index (χ0v) is 30.1. The maximum absolute atomic E-state index is 14.0. The summed E-state index contributed by atoms with van der Waals surface area (Å²) < 4.78 is 0. The fourth-order valence-electron chi connectivity index (χ4n) is 5.62. The first kappa shape index (κ1) is 39.5. The Morgan fingerprint density at radius 3 is 1.94 bits per heavy atom. The lowest BCUT2D eigenvalue weighted by atomic mass is 9.78. The fraction of sp³-hybridized carbons (Fsp3) is 0.657. The van der Waals surface area contributed by atoms with Gasteiger partial charge in [0.1, 0.15) is 12.1 Å². The number of fused-ring (bicyclic) bond motifs is 1. The number of nitrogens with zero attached hydrogens (tertiary/aromatic N) is 1. The molecule has 0 radical (unpaired) electrons. The van der Waals surface area contributed by atoms with E-state index in [1.807, 2.05) is 0 Å². The minimum absolute atomic E-state index is 0.0622. The first-order valence-corrected chi connectivity index (χ1v) is 16.7. The van der Waals surface area contributed by atoms with Gasteiger partial charge in [-0.2, -0.15) is 0 Å². The molecule has 3 amide bonds. The van der Waals surface area contributed by atoms with Gasteiger partial charge >= 0.3 is 0 Å². The zero-order valence-electron chi connectivity index (χ0n) is 30.1. The number of nitrogens with two attached hydrogens (primary N) is 5. The van der Waals surface area contributed by atoms with Crippen LogP contribution in [0.4, 0.5) is 0 Å². The lowest BCUT2D eigenvalue weighted by Crippen LogP contribution is -2.56. The van der Waals surface area contributed by atoms with Gasteiger partial charge in [-0.15, -0.1) is 0 Å². The lowest BCUT2D eigenvalue weighted by Gasteiger charge is -2.26. The molecule has 0 aliphatic rings. The van der Waals surface area contributed by atoms with Crippen LogP contribution in [0.5, 0.6) is 0 Å². The number of aromatic nitrogens is 1. The number of aliphatic imine (C=N–C) groups is 1. The summed E-state index contributed by atoms with van der Waals surface area (Å²) in [5.74, 6) is -1.74. The normalized spacial score (nSPS) is 14.4. The highest BCUT2D eigenvalue weighted by molar-refractivity contribution is 5.95. The average molecular weight is 656 g/mol. The van der Waals surface area contributed by atoms with Crippen molar-refractivity contribution >= 4 is 34.6 Å². The van der Waals surface area contributed by atoms with Gasteiger partial charge < -0.3 is 44.3 Å². The third-order valence-corrected chi connectivity index (χ3v) is 8.39. The Labute approximate surface area is 280 Å². The third-order valence-electron chi connectivity index (χ3n) is 8.39. The quantitative estimate of drug-likeness (QED) is 0.0810. The van der Waals surface area contributed by atoms with Crippen LogP contribution in [0.1, 0.15) is 117 Å². The molecule has 2 rings (SSSR count). The van der Waals surface area contributed by atoms with Crippen LogP contribution in [0.2, 0.25) is 0 Å². The van der Waals surface area contributed by atoms with Crippen molar-refractivity contribution in [2.75, 3.05) is 13.1 Å². The maximum atomic E-state index is 14.0. The van der Waals surface area contributed by atoms with Gasteiger partial charge in [0.25, 0.3) is 0 Å². The van der Waals surface area contributed by atoms with Crippen LogP contribution in [0, 0.1) is 0 Å². The first-order valence-electron chi connectivity index (χ1n) is 16.7. The number of amides is 3. The molecule has 1 aromatic carbocycles. The Bertz CT molecular complexity index is 1420. The van der Waals surface area contributed by atoms with Crippen LogP contribution >= 0.6 is 0 Å². The molecule has 264 valence electrons. The molecule has 0 saturated heterocycles. The third kappa shape index (κ3) is 11.2. The van der Waals surface area contributed by atoms with Crippen molar-refractivity contribution in [3.8, 4) is 0 Å². The molecular formula is C35H61N9O3. The van der Waals surface area contributed by atoms with E-state index in [0.29, 0.717) is 25.8 Å². The van der Waals surface area contributed by atoms with Gasteiger partial charge in [0.15, 0.2) is 5.96 Å². The molecule has 13 N–H and O–H groups in total. The van der Waals surface area contributed by atoms with E-state index >= 15 is 0 Å².